The summed E-state index contributed by atoms with van der Waals surface area (Å²) in [4.78, 5) is 20.9. The van der Waals surface area contributed by atoms with E-state index < -0.39 is 0 Å². The van der Waals surface area contributed by atoms with Crippen molar-refractivity contribution in [2.75, 3.05) is 32.5 Å². The lowest BCUT2D eigenvalue weighted by Crippen LogP contribution is -2.39. The van der Waals surface area contributed by atoms with Crippen molar-refractivity contribution in [2.45, 2.75) is 6.54 Å². The number of aromatic nitrogens is 1. The molecule has 3 rings (SSSR count). The van der Waals surface area contributed by atoms with Crippen LogP contribution in [0.25, 0.3) is 10.8 Å². The molecule has 3 aromatic rings. The van der Waals surface area contributed by atoms with Crippen LogP contribution >= 0.6 is 11.6 Å². The molecule has 0 spiro atoms. The number of urea groups is 1. The average molecular weight is 383 g/mol. The van der Waals surface area contributed by atoms with Crippen LogP contribution in [0.3, 0.4) is 0 Å². The molecule has 27 heavy (non-hydrogen) atoms. The molecule has 0 aliphatic carbocycles. The van der Waals surface area contributed by atoms with Gasteiger partial charge in [-0.2, -0.15) is 0 Å². The monoisotopic (exact) mass is 382 g/mol. The number of hydrogen-bond donors (Lipinski definition) is 1. The first-order valence-corrected chi connectivity index (χ1v) is 9.18. The molecule has 0 unspecified atom stereocenters. The second kappa shape index (κ2) is 8.84. The Morgan fingerprint density at radius 3 is 2.56 bits per heavy atom. The van der Waals surface area contributed by atoms with Gasteiger partial charge < -0.3 is 15.1 Å². The number of benzene rings is 2. The Bertz CT molecular complexity index is 911. The maximum absolute atomic E-state index is 12.9. The number of nitrogens with zero attached hydrogens (tertiary/aromatic N) is 3. The summed E-state index contributed by atoms with van der Waals surface area (Å²) in [6.45, 7) is 1.93. The van der Waals surface area contributed by atoms with Crippen molar-refractivity contribution in [3.63, 3.8) is 0 Å². The third-order valence-corrected chi connectivity index (χ3v) is 4.53. The summed E-state index contributed by atoms with van der Waals surface area (Å²) in [5.41, 5.74) is 1.81. The van der Waals surface area contributed by atoms with Crippen molar-refractivity contribution in [1.29, 1.82) is 0 Å². The van der Waals surface area contributed by atoms with E-state index in [1.165, 1.54) is 0 Å². The topological polar surface area (TPSA) is 48.5 Å². The summed E-state index contributed by atoms with van der Waals surface area (Å²) in [6, 6.07) is 15.2. The minimum Gasteiger partial charge on any atom is -0.319 e. The van der Waals surface area contributed by atoms with E-state index in [-0.39, 0.29) is 6.03 Å². The molecule has 0 atom stereocenters. The number of carbonyl (C=O) groups is 1. The summed E-state index contributed by atoms with van der Waals surface area (Å²) < 4.78 is 0. The highest BCUT2D eigenvalue weighted by molar-refractivity contribution is 6.30. The lowest BCUT2D eigenvalue weighted by Gasteiger charge is -2.25. The number of likely N-dealkylation sites (N-methyl/N-ethyl adjacent to an activating group) is 1. The van der Waals surface area contributed by atoms with Gasteiger partial charge in [0.1, 0.15) is 0 Å². The molecule has 0 fully saturated rings. The van der Waals surface area contributed by atoms with Crippen molar-refractivity contribution in [3.8, 4) is 0 Å². The number of halogens is 1. The summed E-state index contributed by atoms with van der Waals surface area (Å²) in [7, 11) is 3.99. The Hall–Kier alpha value is -2.63. The molecule has 0 aliphatic heterocycles. The zero-order valence-corrected chi connectivity index (χ0v) is 16.3. The van der Waals surface area contributed by atoms with Crippen LogP contribution in [0.4, 0.5) is 10.5 Å². The van der Waals surface area contributed by atoms with Gasteiger partial charge in [0.2, 0.25) is 0 Å². The first kappa shape index (κ1) is 19.1. The van der Waals surface area contributed by atoms with Crippen LogP contribution in [0, 0.1) is 0 Å². The third-order valence-electron chi connectivity index (χ3n) is 4.28. The van der Waals surface area contributed by atoms with Crippen LogP contribution in [0.15, 0.2) is 60.9 Å². The molecular formula is C21H23ClN4O. The van der Waals surface area contributed by atoms with E-state index in [0.29, 0.717) is 18.1 Å². The lowest BCUT2D eigenvalue weighted by atomic mass is 10.1. The fraction of sp³-hybridized carbons (Fsp3) is 0.238. The number of pyridine rings is 1. The minimum absolute atomic E-state index is 0.125. The van der Waals surface area contributed by atoms with Crippen LogP contribution in [0.5, 0.6) is 0 Å². The zero-order valence-electron chi connectivity index (χ0n) is 15.5. The number of rotatable bonds is 6. The van der Waals surface area contributed by atoms with Crippen LogP contribution < -0.4 is 5.32 Å². The van der Waals surface area contributed by atoms with E-state index in [9.17, 15) is 4.79 Å². The first-order chi connectivity index (χ1) is 13.0. The fourth-order valence-corrected chi connectivity index (χ4v) is 2.87. The van der Waals surface area contributed by atoms with Crippen LogP contribution in [-0.2, 0) is 6.54 Å². The molecule has 0 saturated carbocycles. The Morgan fingerprint density at radius 2 is 1.81 bits per heavy atom. The minimum atomic E-state index is -0.125. The molecule has 0 saturated heterocycles. The van der Waals surface area contributed by atoms with E-state index in [1.54, 1.807) is 11.1 Å². The summed E-state index contributed by atoms with van der Waals surface area (Å²) >= 11 is 5.96. The Morgan fingerprint density at radius 1 is 1.04 bits per heavy atom. The van der Waals surface area contributed by atoms with Crippen molar-refractivity contribution in [3.05, 3.63) is 71.5 Å². The highest BCUT2D eigenvalue weighted by atomic mass is 35.5. The predicted octanol–water partition coefficient (Wildman–Crippen LogP) is 4.48. The second-order valence-electron chi connectivity index (χ2n) is 6.72. The normalized spacial score (nSPS) is 11.0. The molecule has 1 N–H and O–H groups in total. The molecule has 0 bridgehead atoms. The van der Waals surface area contributed by atoms with Crippen molar-refractivity contribution >= 4 is 34.1 Å². The van der Waals surface area contributed by atoms with Gasteiger partial charge in [-0.25, -0.2) is 4.79 Å². The average Bonchev–Trinajstić information content (AvgIpc) is 2.66. The summed E-state index contributed by atoms with van der Waals surface area (Å²) in [6.07, 6.45) is 3.56. The summed E-state index contributed by atoms with van der Waals surface area (Å²) in [5, 5.41) is 5.78. The molecule has 0 radical (unpaired) electrons. The number of anilines is 1. The van der Waals surface area contributed by atoms with Gasteiger partial charge in [0.25, 0.3) is 0 Å². The van der Waals surface area contributed by atoms with E-state index in [4.69, 9.17) is 11.6 Å². The maximum atomic E-state index is 12.9. The van der Waals surface area contributed by atoms with E-state index >= 15 is 0 Å². The van der Waals surface area contributed by atoms with Gasteiger partial charge in [-0.3, -0.25) is 4.98 Å². The molecule has 5 nitrogen and oxygen atoms in total. The number of amides is 2. The molecule has 1 aromatic heterocycles. The number of carbonyl (C=O) groups excluding carboxylic acids is 1. The van der Waals surface area contributed by atoms with Crippen LogP contribution in [0.1, 0.15) is 5.56 Å². The van der Waals surface area contributed by atoms with Crippen molar-refractivity contribution in [1.82, 2.24) is 14.8 Å². The number of hydrogen-bond acceptors (Lipinski definition) is 3. The van der Waals surface area contributed by atoms with Crippen molar-refractivity contribution < 1.29 is 4.79 Å². The molecule has 6 heteroatoms. The molecule has 140 valence electrons. The van der Waals surface area contributed by atoms with Gasteiger partial charge in [-0.1, -0.05) is 29.8 Å². The second-order valence-corrected chi connectivity index (χ2v) is 7.16. The van der Waals surface area contributed by atoms with E-state index in [0.717, 1.165) is 28.6 Å². The third kappa shape index (κ3) is 5.42. The quantitative estimate of drug-likeness (QED) is 0.683. The number of nitrogens with one attached hydrogen (secondary N) is 1. The van der Waals surface area contributed by atoms with Crippen LogP contribution in [-0.4, -0.2) is 48.0 Å². The smallest absolute Gasteiger partial charge is 0.319 e. The predicted molar refractivity (Wildman–Crippen MR) is 111 cm³/mol. The van der Waals surface area contributed by atoms with Gasteiger partial charge in [-0.15, -0.1) is 0 Å². The fourth-order valence-electron chi connectivity index (χ4n) is 2.75. The van der Waals surface area contributed by atoms with Gasteiger partial charge in [0, 0.05) is 48.1 Å². The molecular weight excluding hydrogens is 360 g/mol. The highest BCUT2D eigenvalue weighted by Gasteiger charge is 2.15. The Kier molecular flexibility index (Phi) is 6.27. The van der Waals surface area contributed by atoms with E-state index in [1.807, 2.05) is 68.8 Å². The molecule has 2 aromatic carbocycles. The maximum Gasteiger partial charge on any atom is 0.322 e. The van der Waals surface area contributed by atoms with E-state index in [2.05, 4.69) is 15.2 Å². The molecule has 1 heterocycles. The molecule has 0 aliphatic rings. The molecule has 2 amide bonds. The van der Waals surface area contributed by atoms with Gasteiger partial charge in [0.15, 0.2) is 0 Å². The summed E-state index contributed by atoms with van der Waals surface area (Å²) in [5.74, 6) is 0. The largest absolute Gasteiger partial charge is 0.322 e. The Balaban J connectivity index is 1.74. The van der Waals surface area contributed by atoms with Gasteiger partial charge in [-0.05, 0) is 55.4 Å². The first-order valence-electron chi connectivity index (χ1n) is 8.80. The standard InChI is InChI=1S/C21H23ClN4O/c1-25(2)11-12-26(15-16-3-6-19(22)7-4-16)21(27)24-20-8-5-18-14-23-10-9-17(18)13-20/h3-10,13-14H,11-12,15H2,1-2H3,(H,24,27). The van der Waals surface area contributed by atoms with Gasteiger partial charge in [0.05, 0.1) is 0 Å². The Labute approximate surface area is 164 Å². The zero-order chi connectivity index (χ0) is 19.2. The van der Waals surface area contributed by atoms with Gasteiger partial charge >= 0.3 is 6.03 Å². The van der Waals surface area contributed by atoms with Crippen LogP contribution in [0.2, 0.25) is 5.02 Å². The number of fused-ring (bicyclic) bond motifs is 1. The SMILES string of the molecule is CN(C)CCN(Cc1ccc(Cl)cc1)C(=O)Nc1ccc2cnccc2c1. The van der Waals surface area contributed by atoms with Crippen molar-refractivity contribution in [2.24, 2.45) is 0 Å². The highest BCUT2D eigenvalue weighted by Crippen LogP contribution is 2.19. The lowest BCUT2D eigenvalue weighted by molar-refractivity contribution is 0.202.